The molecule has 0 fully saturated rings. The van der Waals surface area contributed by atoms with Gasteiger partial charge in [0.15, 0.2) is 0 Å². The van der Waals surface area contributed by atoms with Gasteiger partial charge in [-0.2, -0.15) is 0 Å². The summed E-state index contributed by atoms with van der Waals surface area (Å²) in [7, 11) is 0. The second-order valence-electron chi connectivity index (χ2n) is 3.43. The number of hydrogen-bond donors (Lipinski definition) is 2. The first-order valence-corrected chi connectivity index (χ1v) is 4.72. The fourth-order valence-corrected chi connectivity index (χ4v) is 1.41. The minimum Gasteiger partial charge on any atom is -0.508 e. The van der Waals surface area contributed by atoms with E-state index in [-0.39, 0.29) is 6.04 Å². The molecule has 1 rings (SSSR count). The van der Waals surface area contributed by atoms with Crippen LogP contribution < -0.4 is 5.73 Å². The predicted molar refractivity (Wildman–Crippen MR) is 54.7 cm³/mol. The van der Waals surface area contributed by atoms with Crippen LogP contribution in [0.2, 0.25) is 0 Å². The van der Waals surface area contributed by atoms with Crippen LogP contribution in [0.5, 0.6) is 5.75 Å². The molecule has 0 unspecified atom stereocenters. The number of benzene rings is 1. The molecular weight excluding hydrogens is 162 g/mol. The smallest absolute Gasteiger partial charge is 0.120 e. The summed E-state index contributed by atoms with van der Waals surface area (Å²) in [4.78, 5) is 0. The van der Waals surface area contributed by atoms with Crippen LogP contribution in [0.25, 0.3) is 0 Å². The lowest BCUT2D eigenvalue weighted by Gasteiger charge is -2.10. The van der Waals surface area contributed by atoms with Gasteiger partial charge in [-0.1, -0.05) is 25.5 Å². The Morgan fingerprint density at radius 2 is 2.15 bits per heavy atom. The first-order chi connectivity index (χ1) is 6.15. The molecule has 0 aromatic heterocycles. The molecule has 2 heteroatoms. The Morgan fingerprint density at radius 3 is 2.69 bits per heavy atom. The Morgan fingerprint density at radius 1 is 1.46 bits per heavy atom. The fourth-order valence-electron chi connectivity index (χ4n) is 1.41. The summed E-state index contributed by atoms with van der Waals surface area (Å²) in [5, 5.41) is 9.49. The molecule has 0 amide bonds. The molecule has 2 nitrogen and oxygen atoms in total. The van der Waals surface area contributed by atoms with E-state index in [4.69, 9.17) is 5.73 Å². The van der Waals surface area contributed by atoms with E-state index in [1.807, 2.05) is 19.1 Å². The van der Waals surface area contributed by atoms with Gasteiger partial charge in [0.25, 0.3) is 0 Å². The molecule has 0 aliphatic rings. The molecule has 13 heavy (non-hydrogen) atoms. The largest absolute Gasteiger partial charge is 0.508 e. The van der Waals surface area contributed by atoms with E-state index < -0.39 is 0 Å². The zero-order valence-corrected chi connectivity index (χ0v) is 8.25. The summed E-state index contributed by atoms with van der Waals surface area (Å²) in [5.41, 5.74) is 7.80. The van der Waals surface area contributed by atoms with Crippen molar-refractivity contribution in [2.24, 2.45) is 5.73 Å². The molecule has 3 N–H and O–H groups in total. The van der Waals surface area contributed by atoms with Crippen molar-refractivity contribution in [1.29, 1.82) is 0 Å². The topological polar surface area (TPSA) is 46.2 Å². The summed E-state index contributed by atoms with van der Waals surface area (Å²) in [6.45, 7) is 4.02. The number of hydrogen-bond acceptors (Lipinski definition) is 2. The van der Waals surface area contributed by atoms with E-state index >= 15 is 0 Å². The van der Waals surface area contributed by atoms with Gasteiger partial charge >= 0.3 is 0 Å². The summed E-state index contributed by atoms with van der Waals surface area (Å²) >= 11 is 0. The lowest BCUT2D eigenvalue weighted by atomic mass is 10.0. The highest BCUT2D eigenvalue weighted by atomic mass is 16.3. The van der Waals surface area contributed by atoms with Crippen LogP contribution in [0.1, 0.15) is 37.4 Å². The van der Waals surface area contributed by atoms with Crippen molar-refractivity contribution in [3.05, 3.63) is 29.3 Å². The maximum atomic E-state index is 9.49. The zero-order chi connectivity index (χ0) is 9.84. The highest BCUT2D eigenvalue weighted by Gasteiger charge is 2.06. The minimum atomic E-state index is -0.100. The zero-order valence-electron chi connectivity index (χ0n) is 8.25. The first kappa shape index (κ1) is 10.1. The van der Waals surface area contributed by atoms with Crippen molar-refractivity contribution in [3.63, 3.8) is 0 Å². The van der Waals surface area contributed by atoms with Crippen molar-refractivity contribution in [3.8, 4) is 5.75 Å². The molecule has 0 spiro atoms. The van der Waals surface area contributed by atoms with Gasteiger partial charge in [-0.05, 0) is 25.0 Å². The molecule has 0 saturated heterocycles. The van der Waals surface area contributed by atoms with Gasteiger partial charge < -0.3 is 10.8 Å². The van der Waals surface area contributed by atoms with E-state index in [9.17, 15) is 5.11 Å². The SMILES string of the molecule is CCCc1ccc(O)c([C@@H](C)N)c1. The third-order valence-electron chi connectivity index (χ3n) is 2.12. The number of aromatic hydroxyl groups is 1. The Balaban J connectivity index is 2.97. The highest BCUT2D eigenvalue weighted by Crippen LogP contribution is 2.23. The normalized spacial score (nSPS) is 12.8. The molecule has 1 aromatic rings. The summed E-state index contributed by atoms with van der Waals surface area (Å²) in [6.07, 6.45) is 2.16. The van der Waals surface area contributed by atoms with Crippen LogP contribution in [0.15, 0.2) is 18.2 Å². The van der Waals surface area contributed by atoms with E-state index in [0.29, 0.717) is 5.75 Å². The predicted octanol–water partition coefficient (Wildman–Crippen LogP) is 2.36. The summed E-state index contributed by atoms with van der Waals surface area (Å²) in [5.74, 6) is 0.301. The van der Waals surface area contributed by atoms with Crippen molar-refractivity contribution < 1.29 is 5.11 Å². The molecule has 1 aromatic carbocycles. The maximum absolute atomic E-state index is 9.49. The molecular formula is C11H17NO. The van der Waals surface area contributed by atoms with E-state index in [1.165, 1.54) is 5.56 Å². The van der Waals surface area contributed by atoms with Crippen LogP contribution >= 0.6 is 0 Å². The average molecular weight is 179 g/mol. The van der Waals surface area contributed by atoms with Crippen LogP contribution in [0, 0.1) is 0 Å². The third kappa shape index (κ3) is 2.46. The van der Waals surface area contributed by atoms with Crippen LogP contribution in [-0.2, 0) is 6.42 Å². The minimum absolute atomic E-state index is 0.100. The molecule has 0 aliphatic carbocycles. The van der Waals surface area contributed by atoms with Crippen molar-refractivity contribution in [2.75, 3.05) is 0 Å². The van der Waals surface area contributed by atoms with E-state index in [0.717, 1.165) is 18.4 Å². The molecule has 0 saturated carbocycles. The number of phenols is 1. The lowest BCUT2D eigenvalue weighted by Crippen LogP contribution is -2.05. The highest BCUT2D eigenvalue weighted by molar-refractivity contribution is 5.38. The molecule has 72 valence electrons. The lowest BCUT2D eigenvalue weighted by molar-refractivity contribution is 0.463. The number of nitrogens with two attached hydrogens (primary N) is 1. The first-order valence-electron chi connectivity index (χ1n) is 4.72. The van der Waals surface area contributed by atoms with Gasteiger partial charge in [0.1, 0.15) is 5.75 Å². The van der Waals surface area contributed by atoms with Crippen LogP contribution in [-0.4, -0.2) is 5.11 Å². The standard InChI is InChI=1S/C11H17NO/c1-3-4-9-5-6-11(13)10(7-9)8(2)12/h5-8,13H,3-4,12H2,1-2H3/t8-/m1/s1. The van der Waals surface area contributed by atoms with Gasteiger partial charge in [-0.15, -0.1) is 0 Å². The Kier molecular flexibility index (Phi) is 3.32. The number of phenolic OH excluding ortho intramolecular Hbond substituents is 1. The molecule has 0 bridgehead atoms. The third-order valence-corrected chi connectivity index (χ3v) is 2.12. The summed E-state index contributed by atoms with van der Waals surface area (Å²) in [6, 6.07) is 5.56. The Labute approximate surface area is 79.4 Å². The van der Waals surface area contributed by atoms with Gasteiger partial charge in [-0.25, -0.2) is 0 Å². The van der Waals surface area contributed by atoms with Gasteiger partial charge in [0, 0.05) is 11.6 Å². The van der Waals surface area contributed by atoms with Gasteiger partial charge in [-0.3, -0.25) is 0 Å². The second-order valence-corrected chi connectivity index (χ2v) is 3.43. The average Bonchev–Trinajstić information content (AvgIpc) is 2.08. The summed E-state index contributed by atoms with van der Waals surface area (Å²) < 4.78 is 0. The van der Waals surface area contributed by atoms with Gasteiger partial charge in [0.05, 0.1) is 0 Å². The number of rotatable bonds is 3. The van der Waals surface area contributed by atoms with Crippen LogP contribution in [0.3, 0.4) is 0 Å². The van der Waals surface area contributed by atoms with Crippen molar-refractivity contribution in [1.82, 2.24) is 0 Å². The Bertz CT molecular complexity index is 281. The number of aryl methyl sites for hydroxylation is 1. The second kappa shape index (κ2) is 4.28. The maximum Gasteiger partial charge on any atom is 0.120 e. The van der Waals surface area contributed by atoms with Gasteiger partial charge in [0.2, 0.25) is 0 Å². The van der Waals surface area contributed by atoms with Crippen molar-refractivity contribution >= 4 is 0 Å². The Hall–Kier alpha value is -1.02. The fraction of sp³-hybridized carbons (Fsp3) is 0.455. The van der Waals surface area contributed by atoms with E-state index in [2.05, 4.69) is 6.92 Å². The van der Waals surface area contributed by atoms with E-state index in [1.54, 1.807) is 6.07 Å². The van der Waals surface area contributed by atoms with Crippen LogP contribution in [0.4, 0.5) is 0 Å². The monoisotopic (exact) mass is 179 g/mol. The molecule has 0 radical (unpaired) electrons. The molecule has 0 heterocycles. The quantitative estimate of drug-likeness (QED) is 0.748. The van der Waals surface area contributed by atoms with Crippen molar-refractivity contribution in [2.45, 2.75) is 32.7 Å². The molecule has 1 atom stereocenters. The molecule has 0 aliphatic heterocycles.